The zero-order valence-corrected chi connectivity index (χ0v) is 35.5. The van der Waals surface area contributed by atoms with Crippen molar-refractivity contribution in [2.24, 2.45) is 0 Å². The fourth-order valence-corrected chi connectivity index (χ4v) is 10.6. The van der Waals surface area contributed by atoms with Crippen molar-refractivity contribution in [2.75, 3.05) is 4.90 Å². The lowest BCUT2D eigenvalue weighted by molar-refractivity contribution is 0.662. The fraction of sp³-hybridized carbons (Fsp3) is 0.0492. The van der Waals surface area contributed by atoms with Crippen LogP contribution in [0.15, 0.2) is 221 Å². The van der Waals surface area contributed by atoms with E-state index in [2.05, 4.69) is 219 Å². The Bertz CT molecular complexity index is 3810. The van der Waals surface area contributed by atoms with Crippen LogP contribution in [-0.2, 0) is 5.41 Å². The van der Waals surface area contributed by atoms with E-state index in [4.69, 9.17) is 8.83 Å². The third kappa shape index (κ3) is 5.60. The van der Waals surface area contributed by atoms with Crippen LogP contribution in [-0.4, -0.2) is 0 Å². The van der Waals surface area contributed by atoms with E-state index in [1.54, 1.807) is 0 Å². The predicted molar refractivity (Wildman–Crippen MR) is 267 cm³/mol. The van der Waals surface area contributed by atoms with Crippen LogP contribution in [0.4, 0.5) is 17.1 Å². The second-order valence-corrected chi connectivity index (χ2v) is 17.7. The van der Waals surface area contributed by atoms with E-state index >= 15 is 0 Å². The summed E-state index contributed by atoms with van der Waals surface area (Å²) in [5.41, 5.74) is 19.1. The van der Waals surface area contributed by atoms with Crippen LogP contribution in [0.1, 0.15) is 25.0 Å². The van der Waals surface area contributed by atoms with Gasteiger partial charge in [-0.3, -0.25) is 0 Å². The summed E-state index contributed by atoms with van der Waals surface area (Å²) in [4.78, 5) is 2.39. The quantitative estimate of drug-likeness (QED) is 0.167. The Morgan fingerprint density at radius 1 is 0.344 bits per heavy atom. The summed E-state index contributed by atoms with van der Waals surface area (Å²) in [5, 5.41) is 6.87. The van der Waals surface area contributed by atoms with Gasteiger partial charge in [0.15, 0.2) is 0 Å². The highest BCUT2D eigenvalue weighted by molar-refractivity contribution is 6.11. The number of anilines is 3. The highest BCUT2D eigenvalue weighted by Gasteiger charge is 2.37. The van der Waals surface area contributed by atoms with Gasteiger partial charge >= 0.3 is 0 Å². The lowest BCUT2D eigenvalue weighted by Gasteiger charge is -2.28. The van der Waals surface area contributed by atoms with Crippen molar-refractivity contribution < 1.29 is 8.83 Å². The van der Waals surface area contributed by atoms with Gasteiger partial charge in [-0.05, 0) is 134 Å². The summed E-state index contributed by atoms with van der Waals surface area (Å²) in [6.07, 6.45) is 0. The van der Waals surface area contributed by atoms with E-state index in [0.717, 1.165) is 83.2 Å². The highest BCUT2D eigenvalue weighted by Crippen LogP contribution is 2.52. The molecule has 3 heteroatoms. The Balaban J connectivity index is 0.942. The molecule has 3 nitrogen and oxygen atoms in total. The van der Waals surface area contributed by atoms with Crippen molar-refractivity contribution in [1.82, 2.24) is 0 Å². The zero-order chi connectivity index (χ0) is 42.5. The van der Waals surface area contributed by atoms with Crippen molar-refractivity contribution in [3.8, 4) is 44.5 Å². The van der Waals surface area contributed by atoms with Crippen molar-refractivity contribution in [3.05, 3.63) is 223 Å². The van der Waals surface area contributed by atoms with Crippen molar-refractivity contribution in [1.29, 1.82) is 0 Å². The molecule has 0 aliphatic heterocycles. The molecule has 302 valence electrons. The molecule has 2 aromatic heterocycles. The molecule has 0 unspecified atom stereocenters. The van der Waals surface area contributed by atoms with Crippen LogP contribution in [0, 0.1) is 0 Å². The van der Waals surface area contributed by atoms with Gasteiger partial charge in [-0.15, -0.1) is 0 Å². The molecular formula is C61H41NO2. The number of nitrogens with zero attached hydrogens (tertiary/aromatic N) is 1. The molecule has 0 fully saturated rings. The van der Waals surface area contributed by atoms with E-state index in [9.17, 15) is 0 Å². The average Bonchev–Trinajstić information content (AvgIpc) is 3.98. The Morgan fingerprint density at radius 2 is 0.906 bits per heavy atom. The first-order valence-electron chi connectivity index (χ1n) is 22.1. The molecule has 0 bridgehead atoms. The monoisotopic (exact) mass is 819 g/mol. The second kappa shape index (κ2) is 13.9. The molecular weight excluding hydrogens is 779 g/mol. The first-order chi connectivity index (χ1) is 31.5. The van der Waals surface area contributed by atoms with E-state index < -0.39 is 0 Å². The summed E-state index contributed by atoms with van der Waals surface area (Å²) >= 11 is 0. The summed E-state index contributed by atoms with van der Waals surface area (Å²) in [6, 6.07) is 76.8. The number of rotatable bonds is 6. The van der Waals surface area contributed by atoms with Crippen molar-refractivity contribution in [2.45, 2.75) is 19.3 Å². The van der Waals surface area contributed by atoms with E-state index in [0.29, 0.717) is 0 Å². The molecule has 0 saturated carbocycles. The summed E-state index contributed by atoms with van der Waals surface area (Å²) in [5.74, 6) is 0. The topological polar surface area (TPSA) is 29.5 Å². The van der Waals surface area contributed by atoms with Gasteiger partial charge in [-0.25, -0.2) is 0 Å². The smallest absolute Gasteiger partial charge is 0.136 e. The molecule has 10 aromatic carbocycles. The number of para-hydroxylation sites is 2. The molecule has 13 rings (SSSR count). The molecule has 0 N–H and O–H groups in total. The maximum absolute atomic E-state index is 6.44. The van der Waals surface area contributed by atoms with Gasteiger partial charge < -0.3 is 13.7 Å². The van der Waals surface area contributed by atoms with E-state index in [1.165, 1.54) is 44.2 Å². The third-order valence-corrected chi connectivity index (χ3v) is 13.6. The maximum Gasteiger partial charge on any atom is 0.136 e. The minimum Gasteiger partial charge on any atom is -0.456 e. The molecule has 0 amide bonds. The first kappa shape index (κ1) is 36.5. The Labute approximate surface area is 371 Å². The molecule has 0 radical (unpaired) electrons. The van der Waals surface area contributed by atoms with Gasteiger partial charge in [0.25, 0.3) is 0 Å². The van der Waals surface area contributed by atoms with Gasteiger partial charge in [-0.2, -0.15) is 0 Å². The number of fused-ring (bicyclic) bond motifs is 10. The van der Waals surface area contributed by atoms with Gasteiger partial charge in [0.2, 0.25) is 0 Å². The minimum atomic E-state index is -0.114. The van der Waals surface area contributed by atoms with E-state index in [-0.39, 0.29) is 5.41 Å². The van der Waals surface area contributed by atoms with Gasteiger partial charge in [0.1, 0.15) is 22.3 Å². The summed E-state index contributed by atoms with van der Waals surface area (Å²) in [7, 11) is 0. The minimum absolute atomic E-state index is 0.114. The number of furan rings is 2. The zero-order valence-electron chi connectivity index (χ0n) is 35.5. The third-order valence-electron chi connectivity index (χ3n) is 13.6. The Hall–Kier alpha value is -8.14. The van der Waals surface area contributed by atoms with Gasteiger partial charge in [0.05, 0.1) is 5.69 Å². The van der Waals surface area contributed by atoms with Gasteiger partial charge in [0, 0.05) is 43.9 Å². The molecule has 1 aliphatic carbocycles. The molecule has 1 aliphatic rings. The predicted octanol–water partition coefficient (Wildman–Crippen LogP) is 17.4. The summed E-state index contributed by atoms with van der Waals surface area (Å²) < 4.78 is 12.7. The van der Waals surface area contributed by atoms with Gasteiger partial charge in [-0.1, -0.05) is 153 Å². The standard InChI is InChI=1S/C61H41NO2/c1-61(2)54-19-8-5-15-48(54)51-18-11-17-47(60(51)61)39-24-30-45(31-25-39)62(44-28-22-38(23-29-44)42-26-32-50-49-16-7-10-21-56(49)63-58(50)37-42)55-20-9-6-14-46(55)43-27-33-57-52(35-43)53-34-40-12-3-4-13-41(40)36-59(53)64-57/h3-37H,1-2H3. The maximum atomic E-state index is 6.44. The molecule has 0 atom stereocenters. The first-order valence-corrected chi connectivity index (χ1v) is 22.1. The van der Waals surface area contributed by atoms with Crippen LogP contribution >= 0.6 is 0 Å². The molecule has 64 heavy (non-hydrogen) atoms. The van der Waals surface area contributed by atoms with Crippen LogP contribution in [0.25, 0.3) is 99.2 Å². The lowest BCUT2D eigenvalue weighted by atomic mass is 9.79. The fourth-order valence-electron chi connectivity index (χ4n) is 10.6. The largest absolute Gasteiger partial charge is 0.456 e. The van der Waals surface area contributed by atoms with Crippen LogP contribution in [0.3, 0.4) is 0 Å². The molecule has 2 heterocycles. The number of hydrogen-bond donors (Lipinski definition) is 0. The van der Waals surface area contributed by atoms with Crippen LogP contribution < -0.4 is 4.90 Å². The Morgan fingerprint density at radius 3 is 1.72 bits per heavy atom. The average molecular weight is 820 g/mol. The van der Waals surface area contributed by atoms with Crippen molar-refractivity contribution >= 4 is 71.7 Å². The lowest BCUT2D eigenvalue weighted by Crippen LogP contribution is -2.16. The van der Waals surface area contributed by atoms with Crippen LogP contribution in [0.5, 0.6) is 0 Å². The normalized spacial score (nSPS) is 13.0. The highest BCUT2D eigenvalue weighted by atomic mass is 16.3. The SMILES string of the molecule is CC1(C)c2ccccc2-c2cccc(-c3ccc(N(c4ccc(-c5ccc6c(c5)oc5ccccc56)cc4)c4ccccc4-c4ccc5oc6cc7ccccc7cc6c5c4)cc3)c21. The molecule has 0 saturated heterocycles. The second-order valence-electron chi connectivity index (χ2n) is 17.7. The number of benzene rings is 10. The Kier molecular flexibility index (Phi) is 7.95. The molecule has 12 aromatic rings. The number of hydrogen-bond acceptors (Lipinski definition) is 3. The van der Waals surface area contributed by atoms with E-state index in [1.807, 2.05) is 12.1 Å². The van der Waals surface area contributed by atoms with Crippen molar-refractivity contribution in [3.63, 3.8) is 0 Å². The van der Waals surface area contributed by atoms with Crippen LogP contribution in [0.2, 0.25) is 0 Å². The molecule has 0 spiro atoms. The summed E-state index contributed by atoms with van der Waals surface area (Å²) in [6.45, 7) is 4.72.